The van der Waals surface area contributed by atoms with Crippen LogP contribution < -0.4 is 10.6 Å². The molecule has 0 atom stereocenters. The Morgan fingerprint density at radius 2 is 1.96 bits per heavy atom. The summed E-state index contributed by atoms with van der Waals surface area (Å²) < 4.78 is 4.85. The van der Waals surface area contributed by atoms with E-state index >= 15 is 0 Å². The second kappa shape index (κ2) is 8.26. The zero-order valence-corrected chi connectivity index (χ0v) is 14.2. The third-order valence-electron chi connectivity index (χ3n) is 3.17. The van der Waals surface area contributed by atoms with Gasteiger partial charge in [0, 0.05) is 5.69 Å². The Hall–Kier alpha value is -2.67. The van der Waals surface area contributed by atoms with Gasteiger partial charge in [0.25, 0.3) is 11.8 Å². The molecular formula is C17H18N2O4S. The molecule has 0 radical (unpaired) electrons. The number of hydrogen-bond acceptors (Lipinski definition) is 5. The summed E-state index contributed by atoms with van der Waals surface area (Å²) in [5, 5.41) is 6.90. The van der Waals surface area contributed by atoms with E-state index in [1.165, 1.54) is 11.3 Å². The Labute approximate surface area is 143 Å². The van der Waals surface area contributed by atoms with Gasteiger partial charge in [0.1, 0.15) is 6.54 Å². The number of nitrogens with one attached hydrogen (secondary N) is 2. The molecule has 0 saturated heterocycles. The van der Waals surface area contributed by atoms with Gasteiger partial charge < -0.3 is 15.4 Å². The van der Waals surface area contributed by atoms with E-state index < -0.39 is 18.5 Å². The molecule has 24 heavy (non-hydrogen) atoms. The molecule has 0 aliphatic heterocycles. The molecule has 2 amide bonds. The maximum atomic E-state index is 11.8. The molecule has 0 aliphatic rings. The average molecular weight is 346 g/mol. The molecule has 0 fully saturated rings. The normalized spacial score (nSPS) is 10.1. The molecule has 1 heterocycles. The topological polar surface area (TPSA) is 84.5 Å². The lowest BCUT2D eigenvalue weighted by Crippen LogP contribution is -2.31. The summed E-state index contributed by atoms with van der Waals surface area (Å²) in [4.78, 5) is 35.6. The van der Waals surface area contributed by atoms with Crippen molar-refractivity contribution in [2.45, 2.75) is 13.8 Å². The Kier molecular flexibility index (Phi) is 6.08. The standard InChI is InChI=1S/C17H18N2O4S/c1-11-5-6-12(2)13(8-11)19-15(20)10-23-16(21)9-18-17(22)14-4-3-7-24-14/h3-8H,9-10H2,1-2H3,(H,18,22)(H,19,20). The van der Waals surface area contributed by atoms with Crippen molar-refractivity contribution in [3.8, 4) is 0 Å². The highest BCUT2D eigenvalue weighted by atomic mass is 32.1. The fourth-order valence-electron chi connectivity index (χ4n) is 1.90. The summed E-state index contributed by atoms with van der Waals surface area (Å²) in [6.07, 6.45) is 0. The van der Waals surface area contributed by atoms with Crippen LogP contribution in [0.2, 0.25) is 0 Å². The molecule has 7 heteroatoms. The lowest BCUT2D eigenvalue weighted by Gasteiger charge is -2.10. The number of amides is 2. The molecule has 0 aliphatic carbocycles. The van der Waals surface area contributed by atoms with E-state index in [4.69, 9.17) is 4.74 Å². The molecule has 6 nitrogen and oxygen atoms in total. The Morgan fingerprint density at radius 3 is 2.67 bits per heavy atom. The number of aryl methyl sites for hydroxylation is 2. The lowest BCUT2D eigenvalue weighted by molar-refractivity contribution is -0.146. The van der Waals surface area contributed by atoms with Gasteiger partial charge in [-0.3, -0.25) is 14.4 Å². The molecule has 0 unspecified atom stereocenters. The zero-order valence-electron chi connectivity index (χ0n) is 13.4. The first-order valence-electron chi connectivity index (χ1n) is 7.30. The molecule has 1 aromatic carbocycles. The predicted molar refractivity (Wildman–Crippen MR) is 92.2 cm³/mol. The molecule has 0 bridgehead atoms. The van der Waals surface area contributed by atoms with Crippen LogP contribution in [0.15, 0.2) is 35.7 Å². The largest absolute Gasteiger partial charge is 0.454 e. The van der Waals surface area contributed by atoms with Crippen molar-refractivity contribution in [2.75, 3.05) is 18.5 Å². The number of carbonyl (C=O) groups is 3. The van der Waals surface area contributed by atoms with Gasteiger partial charge in [-0.25, -0.2) is 0 Å². The van der Waals surface area contributed by atoms with Crippen LogP contribution >= 0.6 is 11.3 Å². The molecule has 0 spiro atoms. The predicted octanol–water partition coefficient (Wildman–Crippen LogP) is 2.28. The molecular weight excluding hydrogens is 328 g/mol. The van der Waals surface area contributed by atoms with E-state index in [1.807, 2.05) is 32.0 Å². The van der Waals surface area contributed by atoms with Gasteiger partial charge >= 0.3 is 5.97 Å². The second-order valence-corrected chi connectivity index (χ2v) is 6.13. The number of ether oxygens (including phenoxy) is 1. The number of esters is 1. The Morgan fingerprint density at radius 1 is 1.17 bits per heavy atom. The van der Waals surface area contributed by atoms with Crippen LogP contribution in [0.5, 0.6) is 0 Å². The van der Waals surface area contributed by atoms with Gasteiger partial charge in [0.2, 0.25) is 0 Å². The van der Waals surface area contributed by atoms with E-state index in [-0.39, 0.29) is 12.5 Å². The van der Waals surface area contributed by atoms with Crippen LogP contribution in [-0.4, -0.2) is 30.9 Å². The first-order chi connectivity index (χ1) is 11.5. The van der Waals surface area contributed by atoms with Crippen molar-refractivity contribution in [3.63, 3.8) is 0 Å². The Balaban J connectivity index is 1.74. The fraction of sp³-hybridized carbons (Fsp3) is 0.235. The quantitative estimate of drug-likeness (QED) is 0.786. The number of rotatable bonds is 6. The molecule has 2 aromatic rings. The summed E-state index contributed by atoms with van der Waals surface area (Å²) >= 11 is 1.28. The van der Waals surface area contributed by atoms with Crippen molar-refractivity contribution in [1.29, 1.82) is 0 Å². The number of thiophene rings is 1. The summed E-state index contributed by atoms with van der Waals surface area (Å²) in [6.45, 7) is 3.11. The SMILES string of the molecule is Cc1ccc(C)c(NC(=O)COC(=O)CNC(=O)c2cccs2)c1. The smallest absolute Gasteiger partial charge is 0.325 e. The minimum absolute atomic E-state index is 0.284. The van der Waals surface area contributed by atoms with Crippen molar-refractivity contribution in [3.05, 3.63) is 51.7 Å². The van der Waals surface area contributed by atoms with Gasteiger partial charge in [-0.15, -0.1) is 11.3 Å². The molecule has 126 valence electrons. The van der Waals surface area contributed by atoms with E-state index in [0.29, 0.717) is 10.6 Å². The molecule has 2 N–H and O–H groups in total. The highest BCUT2D eigenvalue weighted by Gasteiger charge is 2.12. The maximum Gasteiger partial charge on any atom is 0.325 e. The first-order valence-corrected chi connectivity index (χ1v) is 8.18. The van der Waals surface area contributed by atoms with E-state index in [9.17, 15) is 14.4 Å². The summed E-state index contributed by atoms with van der Waals surface area (Å²) in [5.41, 5.74) is 2.62. The zero-order chi connectivity index (χ0) is 17.5. The van der Waals surface area contributed by atoms with Gasteiger partial charge in [-0.1, -0.05) is 18.2 Å². The van der Waals surface area contributed by atoms with Gasteiger partial charge in [-0.2, -0.15) is 0 Å². The van der Waals surface area contributed by atoms with E-state index in [0.717, 1.165) is 11.1 Å². The maximum absolute atomic E-state index is 11.8. The highest BCUT2D eigenvalue weighted by molar-refractivity contribution is 7.12. The number of benzene rings is 1. The summed E-state index contributed by atoms with van der Waals surface area (Å²) in [7, 11) is 0. The van der Waals surface area contributed by atoms with Crippen LogP contribution in [0.4, 0.5) is 5.69 Å². The van der Waals surface area contributed by atoms with Gasteiger partial charge in [-0.05, 0) is 42.5 Å². The van der Waals surface area contributed by atoms with E-state index in [1.54, 1.807) is 17.5 Å². The van der Waals surface area contributed by atoms with Crippen LogP contribution in [0.25, 0.3) is 0 Å². The van der Waals surface area contributed by atoms with Crippen LogP contribution in [0.1, 0.15) is 20.8 Å². The summed E-state index contributed by atoms with van der Waals surface area (Å²) in [6, 6.07) is 9.09. The van der Waals surface area contributed by atoms with Crippen molar-refractivity contribution in [2.24, 2.45) is 0 Å². The monoisotopic (exact) mass is 346 g/mol. The van der Waals surface area contributed by atoms with E-state index in [2.05, 4.69) is 10.6 Å². The number of carbonyl (C=O) groups excluding carboxylic acids is 3. The lowest BCUT2D eigenvalue weighted by atomic mass is 10.1. The molecule has 2 rings (SSSR count). The van der Waals surface area contributed by atoms with Crippen molar-refractivity contribution < 1.29 is 19.1 Å². The third-order valence-corrected chi connectivity index (χ3v) is 4.04. The fourth-order valence-corrected chi connectivity index (χ4v) is 2.54. The van der Waals surface area contributed by atoms with Crippen molar-refractivity contribution >= 4 is 34.8 Å². The van der Waals surface area contributed by atoms with Crippen molar-refractivity contribution in [1.82, 2.24) is 5.32 Å². The summed E-state index contributed by atoms with van der Waals surface area (Å²) in [5.74, 6) is -1.44. The first kappa shape index (κ1) is 17.7. The second-order valence-electron chi connectivity index (χ2n) is 5.19. The highest BCUT2D eigenvalue weighted by Crippen LogP contribution is 2.16. The number of anilines is 1. The Bertz CT molecular complexity index is 741. The van der Waals surface area contributed by atoms with Crippen LogP contribution in [-0.2, 0) is 14.3 Å². The third kappa shape index (κ3) is 5.20. The van der Waals surface area contributed by atoms with Gasteiger partial charge in [0.05, 0.1) is 4.88 Å². The molecule has 0 saturated carbocycles. The van der Waals surface area contributed by atoms with Gasteiger partial charge in [0.15, 0.2) is 6.61 Å². The minimum Gasteiger partial charge on any atom is -0.454 e. The number of hydrogen-bond donors (Lipinski definition) is 2. The minimum atomic E-state index is -0.670. The average Bonchev–Trinajstić information content (AvgIpc) is 3.08. The van der Waals surface area contributed by atoms with Crippen LogP contribution in [0.3, 0.4) is 0 Å². The molecule has 1 aromatic heterocycles. The van der Waals surface area contributed by atoms with Crippen LogP contribution in [0, 0.1) is 13.8 Å².